The largest absolute Gasteiger partial charge is 0.496 e. The van der Waals surface area contributed by atoms with Gasteiger partial charge in [0.1, 0.15) is 48.4 Å². The third-order valence-corrected chi connectivity index (χ3v) is 11.7. The number of hydrogen-bond donors (Lipinski definition) is 0. The van der Waals surface area contributed by atoms with Crippen LogP contribution in [0.1, 0.15) is 172 Å². The Balaban J connectivity index is 2.20. The van der Waals surface area contributed by atoms with Gasteiger partial charge in [-0.05, 0) is 92.4 Å². The normalized spacial score (nSPS) is 16.3. The van der Waals surface area contributed by atoms with E-state index < -0.39 is 71.0 Å². The van der Waals surface area contributed by atoms with Crippen molar-refractivity contribution < 1.29 is 64.4 Å². The van der Waals surface area contributed by atoms with Crippen LogP contribution in [0.2, 0.25) is 0 Å². The summed E-state index contributed by atoms with van der Waals surface area (Å²) in [7, 11) is 5.07. The highest BCUT2D eigenvalue weighted by atomic mass is 19.4. The summed E-state index contributed by atoms with van der Waals surface area (Å²) in [6.45, 7) is 18.8. The molecule has 0 saturated heterocycles. The number of alkyl halides is 6. The molecule has 0 saturated carbocycles. The van der Waals surface area contributed by atoms with Crippen molar-refractivity contribution in [3.05, 3.63) is 115 Å². The number of rotatable bonds is 8. The number of halogens is 6. The van der Waals surface area contributed by atoms with Crippen LogP contribution in [0.5, 0.6) is 23.0 Å². The summed E-state index contributed by atoms with van der Waals surface area (Å²) in [5.74, 6) is -2.05. The van der Waals surface area contributed by atoms with Gasteiger partial charge in [0.2, 0.25) is 11.6 Å². The van der Waals surface area contributed by atoms with E-state index in [-0.39, 0.29) is 67.5 Å². The Morgan fingerprint density at radius 3 is 0.727 bits per heavy atom. The SMILES string of the molecule is COc1c2cc(C(C)(C)C)cc1C(OCC(F)(F)F)c1cc(C(C)(C)C)cc(c1OC)C(=O)c1cc(C(C)(C)C)cc(c1OC)C(OCC(F)(F)F)c1cc(C(C)(C)C)cc(c1OC)C2=O. The Kier molecular flexibility index (Phi) is 14.3. The first-order valence-corrected chi connectivity index (χ1v) is 21.5. The number of hydrogen-bond acceptors (Lipinski definition) is 8. The Morgan fingerprint density at radius 2 is 0.576 bits per heavy atom. The zero-order chi connectivity index (χ0) is 49.9. The number of methoxy groups -OCH3 is 4. The number of carbonyl (C=O) groups is 2. The molecule has 8 bridgehead atoms. The summed E-state index contributed by atoms with van der Waals surface area (Å²) < 4.78 is 123. The van der Waals surface area contributed by atoms with Crippen LogP contribution >= 0.6 is 0 Å². The van der Waals surface area contributed by atoms with Gasteiger partial charge in [-0.1, -0.05) is 83.1 Å². The van der Waals surface area contributed by atoms with Gasteiger partial charge in [-0.15, -0.1) is 0 Å². The fourth-order valence-corrected chi connectivity index (χ4v) is 8.04. The zero-order valence-electron chi connectivity index (χ0n) is 40.7. The predicted octanol–water partition coefficient (Wildman–Crippen LogP) is 13.0. The van der Waals surface area contributed by atoms with Crippen LogP contribution in [0.25, 0.3) is 0 Å². The standard InChI is InChI=1S/C52H62F6O8/c1-47(2,3)27-17-31-39(59)32-18-28(48(4,5)6)23-37(42(32)62-14)46(66-26-52(56,57)58)38-24-30(50(10,11)12)20-34(44(38)64-16)40(60)33-19-29(49(7,8)9)22-36(43(33)63-15)45(65-25-51(53,54)55)35(21-27)41(31)61-13/h17-24,45-46H,25-26H2,1-16H3. The van der Waals surface area contributed by atoms with E-state index in [9.17, 15) is 26.3 Å². The van der Waals surface area contributed by atoms with E-state index in [0.29, 0.717) is 22.3 Å². The van der Waals surface area contributed by atoms with Gasteiger partial charge >= 0.3 is 12.4 Å². The maximum Gasteiger partial charge on any atom is 0.411 e. The van der Waals surface area contributed by atoms with Crippen molar-refractivity contribution in [3.63, 3.8) is 0 Å². The highest BCUT2D eigenvalue weighted by Gasteiger charge is 2.41. The van der Waals surface area contributed by atoms with E-state index in [4.69, 9.17) is 28.4 Å². The summed E-state index contributed by atoms with van der Waals surface area (Å²) >= 11 is 0. The zero-order valence-corrected chi connectivity index (χ0v) is 40.7. The van der Waals surface area contributed by atoms with E-state index in [0.717, 1.165) is 0 Å². The highest BCUT2D eigenvalue weighted by molar-refractivity contribution is 6.14. The molecule has 66 heavy (non-hydrogen) atoms. The maximum absolute atomic E-state index is 15.6. The average molecular weight is 929 g/mol. The van der Waals surface area contributed by atoms with Crippen molar-refractivity contribution in [2.45, 2.75) is 129 Å². The molecule has 0 atom stereocenters. The van der Waals surface area contributed by atoms with E-state index in [1.807, 2.05) is 83.1 Å². The molecule has 4 aromatic rings. The minimum atomic E-state index is -4.84. The van der Waals surface area contributed by atoms with E-state index in [2.05, 4.69) is 0 Å². The maximum atomic E-state index is 15.6. The third kappa shape index (κ3) is 10.9. The Labute approximate surface area is 384 Å². The molecule has 4 aromatic carbocycles. The highest BCUT2D eigenvalue weighted by Crippen LogP contribution is 2.50. The van der Waals surface area contributed by atoms with Crippen molar-refractivity contribution in [2.75, 3.05) is 41.7 Å². The van der Waals surface area contributed by atoms with Crippen LogP contribution in [0.4, 0.5) is 26.3 Å². The molecule has 0 amide bonds. The smallest absolute Gasteiger partial charge is 0.411 e. The Hall–Kier alpha value is -5.08. The van der Waals surface area contributed by atoms with Gasteiger partial charge < -0.3 is 28.4 Å². The lowest BCUT2D eigenvalue weighted by Crippen LogP contribution is -2.25. The molecule has 0 aromatic heterocycles. The van der Waals surface area contributed by atoms with Crippen molar-refractivity contribution in [3.8, 4) is 23.0 Å². The molecule has 0 N–H and O–H groups in total. The molecule has 14 heteroatoms. The van der Waals surface area contributed by atoms with E-state index in [1.54, 1.807) is 48.5 Å². The Bertz CT molecular complexity index is 2170. The summed E-state index contributed by atoms with van der Waals surface area (Å²) in [6, 6.07) is 12.8. The van der Waals surface area contributed by atoms with Crippen LogP contribution in [-0.2, 0) is 31.1 Å². The monoisotopic (exact) mass is 928 g/mol. The molecule has 0 heterocycles. The van der Waals surface area contributed by atoms with Gasteiger partial charge in [-0.3, -0.25) is 9.59 Å². The summed E-state index contributed by atoms with van der Waals surface area (Å²) in [6.07, 6.45) is -13.0. The minimum Gasteiger partial charge on any atom is -0.496 e. The van der Waals surface area contributed by atoms with Crippen LogP contribution in [0.15, 0.2) is 48.5 Å². The van der Waals surface area contributed by atoms with Gasteiger partial charge in [-0.2, -0.15) is 26.3 Å². The molecule has 5 rings (SSSR count). The summed E-state index contributed by atoms with van der Waals surface area (Å²) in [5, 5.41) is 0. The lowest BCUT2D eigenvalue weighted by Gasteiger charge is -2.32. The molecule has 0 radical (unpaired) electrons. The fraction of sp³-hybridized carbons (Fsp3) is 0.500. The third-order valence-electron chi connectivity index (χ3n) is 11.7. The fourth-order valence-electron chi connectivity index (χ4n) is 8.04. The van der Waals surface area contributed by atoms with Crippen molar-refractivity contribution in [2.24, 2.45) is 0 Å². The van der Waals surface area contributed by atoms with Gasteiger partial charge in [0.25, 0.3) is 0 Å². The quantitative estimate of drug-likeness (QED) is 0.161. The second-order valence-electron chi connectivity index (χ2n) is 20.9. The first kappa shape index (κ1) is 51.9. The van der Waals surface area contributed by atoms with Gasteiger partial charge in [0.05, 0.1) is 50.7 Å². The van der Waals surface area contributed by atoms with Crippen molar-refractivity contribution in [1.82, 2.24) is 0 Å². The Morgan fingerprint density at radius 1 is 0.379 bits per heavy atom. The average Bonchev–Trinajstić information content (AvgIpc) is 3.19. The molecule has 1 aliphatic carbocycles. The second kappa shape index (κ2) is 18.2. The van der Waals surface area contributed by atoms with Gasteiger partial charge in [0, 0.05) is 22.3 Å². The number of ketones is 2. The topological polar surface area (TPSA) is 89.5 Å². The number of carbonyl (C=O) groups excluding carboxylic acids is 2. The summed E-state index contributed by atoms with van der Waals surface area (Å²) in [4.78, 5) is 31.3. The first-order chi connectivity index (χ1) is 30.2. The molecule has 0 aliphatic heterocycles. The van der Waals surface area contributed by atoms with Crippen LogP contribution in [-0.4, -0.2) is 65.6 Å². The van der Waals surface area contributed by atoms with Crippen molar-refractivity contribution >= 4 is 11.6 Å². The van der Waals surface area contributed by atoms with Crippen molar-refractivity contribution in [1.29, 1.82) is 0 Å². The van der Waals surface area contributed by atoms with Crippen LogP contribution < -0.4 is 18.9 Å². The molecule has 0 spiro atoms. The van der Waals surface area contributed by atoms with E-state index in [1.165, 1.54) is 28.4 Å². The minimum absolute atomic E-state index is 0.0135. The molecular formula is C52H62F6O8. The van der Waals surface area contributed by atoms with Crippen LogP contribution in [0.3, 0.4) is 0 Å². The van der Waals surface area contributed by atoms with E-state index >= 15 is 9.59 Å². The van der Waals surface area contributed by atoms with Gasteiger partial charge in [0.15, 0.2) is 0 Å². The molecule has 8 nitrogen and oxygen atoms in total. The number of ether oxygens (including phenoxy) is 6. The lowest BCUT2D eigenvalue weighted by atomic mass is 9.78. The molecule has 0 unspecified atom stereocenters. The second-order valence-corrected chi connectivity index (χ2v) is 20.9. The van der Waals surface area contributed by atoms with Crippen LogP contribution in [0, 0.1) is 0 Å². The molecule has 0 fully saturated rings. The van der Waals surface area contributed by atoms with Gasteiger partial charge in [-0.25, -0.2) is 0 Å². The molecule has 360 valence electrons. The molecular weight excluding hydrogens is 867 g/mol. The first-order valence-electron chi connectivity index (χ1n) is 21.5. The lowest BCUT2D eigenvalue weighted by molar-refractivity contribution is -0.182. The number of fused-ring (bicyclic) bond motifs is 8. The predicted molar refractivity (Wildman–Crippen MR) is 241 cm³/mol. The summed E-state index contributed by atoms with van der Waals surface area (Å²) in [5.41, 5.74) is -1.34. The number of benzene rings is 4. The molecule has 1 aliphatic rings.